The maximum absolute atomic E-state index is 2.36. The summed E-state index contributed by atoms with van der Waals surface area (Å²) in [5.74, 6) is 0.991. The topological polar surface area (TPSA) is 0 Å². The molecule has 0 bridgehead atoms. The first kappa shape index (κ1) is 21.4. The monoisotopic (exact) mass is 391 g/mol. The normalized spacial score (nSPS) is 15.8. The number of aryl methyl sites for hydroxylation is 2. The Morgan fingerprint density at radius 1 is 0.714 bits per heavy atom. The van der Waals surface area contributed by atoms with Crippen LogP contribution in [0, 0.1) is 5.92 Å². The van der Waals surface area contributed by atoms with Crippen molar-refractivity contribution in [2.24, 2.45) is 5.92 Å². The summed E-state index contributed by atoms with van der Waals surface area (Å²) < 4.78 is 0. The summed E-state index contributed by atoms with van der Waals surface area (Å²) in [4.78, 5) is 0. The summed E-state index contributed by atoms with van der Waals surface area (Å²) in [6, 6.07) is 23.3. The minimum Gasteiger partial charge on any atom is -0.0657 e. The number of hydrogen-bond donors (Lipinski definition) is 0. The zero-order valence-electron chi connectivity index (χ0n) is 18.2. The van der Waals surface area contributed by atoms with Gasteiger partial charge in [0.25, 0.3) is 0 Å². The molecule has 0 amide bonds. The molecule has 2 aromatic rings. The van der Waals surface area contributed by atoms with Gasteiger partial charge >= 0.3 is 0 Å². The van der Waals surface area contributed by atoms with Crippen LogP contribution >= 0.6 is 0 Å². The highest BCUT2D eigenvalue weighted by Gasteiger charge is 2.21. The molecule has 0 N–H and O–H groups in total. The van der Waals surface area contributed by atoms with Crippen LogP contribution in [0.2, 0.25) is 18.1 Å². The molecule has 3 rings (SSSR count). The molecule has 151 valence electrons. The van der Waals surface area contributed by atoms with Gasteiger partial charge in [-0.15, -0.1) is 0 Å². The van der Waals surface area contributed by atoms with Gasteiger partial charge in [-0.05, 0) is 53.9 Å². The molecule has 1 saturated heterocycles. The van der Waals surface area contributed by atoms with Gasteiger partial charge in [-0.1, -0.05) is 113 Å². The lowest BCUT2D eigenvalue weighted by Gasteiger charge is -2.27. The van der Waals surface area contributed by atoms with E-state index in [1.165, 1.54) is 80.0 Å². The van der Waals surface area contributed by atoms with Crippen LogP contribution in [0.15, 0.2) is 48.5 Å². The summed E-state index contributed by atoms with van der Waals surface area (Å²) in [5, 5.41) is 0. The van der Waals surface area contributed by atoms with Gasteiger partial charge in [-0.2, -0.15) is 0 Å². The minimum absolute atomic E-state index is 0.0408. The van der Waals surface area contributed by atoms with Gasteiger partial charge in [-0.25, -0.2) is 0 Å². The van der Waals surface area contributed by atoms with Gasteiger partial charge in [0.15, 0.2) is 0 Å². The summed E-state index contributed by atoms with van der Waals surface area (Å²) in [6.07, 6.45) is 12.3. The lowest BCUT2D eigenvalue weighted by molar-refractivity contribution is 0.437. The third-order valence-electron chi connectivity index (χ3n) is 6.57. The predicted octanol–water partition coefficient (Wildman–Crippen LogP) is 8.33. The van der Waals surface area contributed by atoms with Crippen LogP contribution in [0.5, 0.6) is 0 Å². The molecule has 0 unspecified atom stereocenters. The zero-order chi connectivity index (χ0) is 19.6. The lowest BCUT2D eigenvalue weighted by atomic mass is 9.93. The lowest BCUT2D eigenvalue weighted by Crippen LogP contribution is -2.21. The molecular formula is C27H39Si. The van der Waals surface area contributed by atoms with Crippen LogP contribution in [0.4, 0.5) is 0 Å². The van der Waals surface area contributed by atoms with Crippen molar-refractivity contribution in [3.05, 3.63) is 59.7 Å². The molecule has 28 heavy (non-hydrogen) atoms. The van der Waals surface area contributed by atoms with E-state index in [4.69, 9.17) is 0 Å². The molecular weight excluding hydrogens is 352 g/mol. The molecule has 0 nitrogen and oxygen atoms in total. The molecule has 0 atom stereocenters. The molecule has 1 heterocycles. The van der Waals surface area contributed by atoms with E-state index < -0.39 is 0 Å². The van der Waals surface area contributed by atoms with Crippen molar-refractivity contribution in [1.29, 1.82) is 0 Å². The Labute approximate surface area is 175 Å². The number of rotatable bonds is 10. The highest BCUT2D eigenvalue weighted by atomic mass is 28.3. The Morgan fingerprint density at radius 2 is 1.29 bits per heavy atom. The van der Waals surface area contributed by atoms with E-state index in [0.717, 1.165) is 5.92 Å². The van der Waals surface area contributed by atoms with Gasteiger partial charge in [-0.3, -0.25) is 0 Å². The van der Waals surface area contributed by atoms with E-state index in [9.17, 15) is 0 Å². The Morgan fingerprint density at radius 3 is 1.82 bits per heavy atom. The standard InChI is InChI=1S/C27H39Si/c1-3-5-6-7-23-10-14-26(15-11-23)27-16-12-24(13-17-27)8-9-25-18-21-28(20-4-2)22-19-25/h10-17,25H,3-9,18-22H2,1-2H3. The van der Waals surface area contributed by atoms with Gasteiger partial charge in [0.1, 0.15) is 0 Å². The Balaban J connectivity index is 1.46. The Bertz CT molecular complexity index is 662. The summed E-state index contributed by atoms with van der Waals surface area (Å²) in [6.45, 7) is 4.63. The van der Waals surface area contributed by atoms with Crippen LogP contribution in [-0.2, 0) is 12.8 Å². The van der Waals surface area contributed by atoms with Crippen LogP contribution in [0.25, 0.3) is 11.1 Å². The van der Waals surface area contributed by atoms with Crippen molar-refractivity contribution in [2.75, 3.05) is 0 Å². The van der Waals surface area contributed by atoms with E-state index >= 15 is 0 Å². The Hall–Kier alpha value is -1.34. The smallest absolute Gasteiger partial charge is 0.0479 e. The van der Waals surface area contributed by atoms with Crippen molar-refractivity contribution in [3.8, 4) is 11.1 Å². The first-order valence-electron chi connectivity index (χ1n) is 11.8. The Kier molecular flexibility index (Phi) is 8.86. The fourth-order valence-corrected chi connectivity index (χ4v) is 7.75. The van der Waals surface area contributed by atoms with Crippen molar-refractivity contribution in [2.45, 2.75) is 89.8 Å². The zero-order valence-corrected chi connectivity index (χ0v) is 19.2. The predicted molar refractivity (Wildman–Crippen MR) is 127 cm³/mol. The number of hydrogen-bond acceptors (Lipinski definition) is 0. The molecule has 1 heteroatoms. The number of benzene rings is 2. The SMILES string of the molecule is CCCCCc1ccc(-c2ccc(CCC3CC[Si](CCC)CC3)cc2)cc1. The fraction of sp³-hybridized carbons (Fsp3) is 0.556. The average Bonchev–Trinajstić information content (AvgIpc) is 2.75. The highest BCUT2D eigenvalue weighted by molar-refractivity contribution is 6.58. The van der Waals surface area contributed by atoms with Gasteiger partial charge in [0, 0.05) is 8.80 Å². The first-order valence-corrected chi connectivity index (χ1v) is 13.9. The molecule has 1 radical (unpaired) electrons. The third-order valence-corrected chi connectivity index (χ3v) is 9.77. The van der Waals surface area contributed by atoms with Gasteiger partial charge in [0.2, 0.25) is 0 Å². The van der Waals surface area contributed by atoms with Crippen molar-refractivity contribution in [3.63, 3.8) is 0 Å². The fourth-order valence-electron chi connectivity index (χ4n) is 4.66. The van der Waals surface area contributed by atoms with E-state index in [2.05, 4.69) is 62.4 Å². The van der Waals surface area contributed by atoms with Crippen molar-refractivity contribution in [1.82, 2.24) is 0 Å². The van der Waals surface area contributed by atoms with Crippen LogP contribution in [0.1, 0.15) is 69.9 Å². The molecule has 1 fully saturated rings. The molecule has 0 aromatic heterocycles. The second-order valence-electron chi connectivity index (χ2n) is 8.83. The van der Waals surface area contributed by atoms with Crippen molar-refractivity contribution >= 4 is 8.80 Å². The number of unbranched alkanes of at least 4 members (excludes halogenated alkanes) is 2. The highest BCUT2D eigenvalue weighted by Crippen LogP contribution is 2.31. The molecule has 2 aromatic carbocycles. The molecule has 0 saturated carbocycles. The maximum Gasteiger partial charge on any atom is 0.0479 e. The molecule has 1 aliphatic heterocycles. The second kappa shape index (κ2) is 11.6. The first-order chi connectivity index (χ1) is 13.8. The van der Waals surface area contributed by atoms with E-state index in [1.54, 1.807) is 18.1 Å². The summed E-state index contributed by atoms with van der Waals surface area (Å²) in [5.41, 5.74) is 5.70. The third kappa shape index (κ3) is 6.62. The molecule has 0 spiro atoms. The van der Waals surface area contributed by atoms with Crippen molar-refractivity contribution < 1.29 is 0 Å². The quantitative estimate of drug-likeness (QED) is 0.282. The largest absolute Gasteiger partial charge is 0.0657 e. The molecule has 1 aliphatic rings. The minimum atomic E-state index is 0.0408. The second-order valence-corrected chi connectivity index (χ2v) is 11.8. The van der Waals surface area contributed by atoms with Crippen LogP contribution < -0.4 is 0 Å². The van der Waals surface area contributed by atoms with Gasteiger partial charge in [0.05, 0.1) is 0 Å². The maximum atomic E-state index is 2.36. The summed E-state index contributed by atoms with van der Waals surface area (Å²) in [7, 11) is 0.0408. The average molecular weight is 392 g/mol. The summed E-state index contributed by atoms with van der Waals surface area (Å²) >= 11 is 0. The van der Waals surface area contributed by atoms with Gasteiger partial charge < -0.3 is 0 Å². The van der Waals surface area contributed by atoms with E-state index in [-0.39, 0.29) is 8.80 Å². The van der Waals surface area contributed by atoms with E-state index in [0.29, 0.717) is 0 Å². The van der Waals surface area contributed by atoms with Crippen LogP contribution in [-0.4, -0.2) is 8.80 Å². The molecule has 0 aliphatic carbocycles. The van der Waals surface area contributed by atoms with Crippen LogP contribution in [0.3, 0.4) is 0 Å². The van der Waals surface area contributed by atoms with E-state index in [1.807, 2.05) is 0 Å².